The highest BCUT2D eigenvalue weighted by molar-refractivity contribution is 5.94. The molecular weight excluding hydrogens is 372 g/mol. The van der Waals surface area contributed by atoms with Crippen molar-refractivity contribution in [3.05, 3.63) is 87.2 Å². The van der Waals surface area contributed by atoms with Gasteiger partial charge in [0.05, 0.1) is 10.6 Å². The highest BCUT2D eigenvalue weighted by Gasteiger charge is 2.10. The second-order valence-corrected chi connectivity index (χ2v) is 6.52. The Bertz CT molecular complexity index is 1010. The van der Waals surface area contributed by atoms with Gasteiger partial charge in [0.25, 0.3) is 11.6 Å². The van der Waals surface area contributed by atoms with Crippen LogP contribution in [0.1, 0.15) is 34.1 Å². The first kappa shape index (κ1) is 20.1. The Balaban J connectivity index is 1.58. The summed E-state index contributed by atoms with van der Waals surface area (Å²) in [6, 6.07) is 13.0. The second kappa shape index (κ2) is 9.01. The van der Waals surface area contributed by atoms with E-state index >= 15 is 0 Å². The summed E-state index contributed by atoms with van der Waals surface area (Å²) in [5, 5.41) is 18.0. The third-order valence-corrected chi connectivity index (χ3v) is 4.45. The smallest absolute Gasteiger partial charge is 0.269 e. The van der Waals surface area contributed by atoms with Crippen LogP contribution >= 0.6 is 0 Å². The first-order valence-electron chi connectivity index (χ1n) is 9.23. The van der Waals surface area contributed by atoms with Crippen LogP contribution in [0, 0.1) is 17.0 Å². The predicted molar refractivity (Wildman–Crippen MR) is 108 cm³/mol. The van der Waals surface area contributed by atoms with Crippen molar-refractivity contribution in [2.24, 2.45) is 0 Å². The van der Waals surface area contributed by atoms with Gasteiger partial charge in [-0.15, -0.1) is 0 Å². The number of ether oxygens (including phenoxy) is 1. The van der Waals surface area contributed by atoms with Crippen LogP contribution in [0.4, 0.5) is 5.69 Å². The summed E-state index contributed by atoms with van der Waals surface area (Å²) in [6.45, 7) is 5.38. The van der Waals surface area contributed by atoms with Crippen molar-refractivity contribution in [1.29, 1.82) is 0 Å². The van der Waals surface area contributed by atoms with Gasteiger partial charge in [-0.25, -0.2) is 0 Å². The fourth-order valence-electron chi connectivity index (χ4n) is 2.81. The summed E-state index contributed by atoms with van der Waals surface area (Å²) in [5.41, 5.74) is 3.26. The van der Waals surface area contributed by atoms with Gasteiger partial charge in [0.1, 0.15) is 12.4 Å². The van der Waals surface area contributed by atoms with Gasteiger partial charge in [0.2, 0.25) is 0 Å². The molecule has 0 radical (unpaired) electrons. The Labute approximate surface area is 168 Å². The number of nitro benzene ring substituents is 1. The van der Waals surface area contributed by atoms with Crippen LogP contribution in [0.15, 0.2) is 54.7 Å². The third kappa shape index (κ3) is 5.19. The van der Waals surface area contributed by atoms with E-state index in [0.717, 1.165) is 23.4 Å². The maximum atomic E-state index is 12.5. The average Bonchev–Trinajstić information content (AvgIpc) is 3.10. The molecule has 0 bridgehead atoms. The van der Waals surface area contributed by atoms with E-state index in [4.69, 9.17) is 4.74 Å². The van der Waals surface area contributed by atoms with Crippen molar-refractivity contribution in [2.75, 3.05) is 0 Å². The number of carbonyl (C=O) groups excluding carboxylic acids is 1. The number of carbonyl (C=O) groups is 1. The summed E-state index contributed by atoms with van der Waals surface area (Å²) in [4.78, 5) is 22.7. The summed E-state index contributed by atoms with van der Waals surface area (Å²) < 4.78 is 7.50. The molecule has 1 heterocycles. The van der Waals surface area contributed by atoms with Crippen LogP contribution in [-0.2, 0) is 19.7 Å². The fraction of sp³-hybridized carbons (Fsp3) is 0.238. The molecule has 0 aliphatic rings. The zero-order valence-electron chi connectivity index (χ0n) is 16.3. The highest BCUT2D eigenvalue weighted by atomic mass is 16.6. The zero-order valence-corrected chi connectivity index (χ0v) is 16.3. The Morgan fingerprint density at radius 2 is 2.00 bits per heavy atom. The summed E-state index contributed by atoms with van der Waals surface area (Å²) in [6.07, 6.45) is 1.93. The molecule has 8 heteroatoms. The number of aromatic nitrogens is 2. The number of hydrogen-bond donors (Lipinski definition) is 1. The van der Waals surface area contributed by atoms with Crippen LogP contribution in [0.2, 0.25) is 0 Å². The zero-order chi connectivity index (χ0) is 20.8. The van der Waals surface area contributed by atoms with E-state index in [9.17, 15) is 14.9 Å². The van der Waals surface area contributed by atoms with E-state index in [1.54, 1.807) is 30.3 Å². The monoisotopic (exact) mass is 394 g/mol. The molecule has 2 aromatic carbocycles. The van der Waals surface area contributed by atoms with Gasteiger partial charge in [-0.3, -0.25) is 19.6 Å². The molecule has 8 nitrogen and oxygen atoms in total. The molecule has 0 aliphatic heterocycles. The Hall–Kier alpha value is -3.68. The predicted octanol–water partition coefficient (Wildman–Crippen LogP) is 3.63. The van der Waals surface area contributed by atoms with E-state index < -0.39 is 4.92 Å². The number of amides is 1. The molecule has 3 aromatic rings. The maximum absolute atomic E-state index is 12.5. The van der Waals surface area contributed by atoms with Gasteiger partial charge in [0, 0.05) is 42.5 Å². The molecule has 0 atom stereocenters. The molecule has 1 aromatic heterocycles. The topological polar surface area (TPSA) is 99.3 Å². The first-order valence-corrected chi connectivity index (χ1v) is 9.23. The van der Waals surface area contributed by atoms with Gasteiger partial charge in [-0.1, -0.05) is 12.1 Å². The number of aryl methyl sites for hydroxylation is 2. The fourth-order valence-corrected chi connectivity index (χ4v) is 2.81. The van der Waals surface area contributed by atoms with E-state index in [2.05, 4.69) is 10.4 Å². The lowest BCUT2D eigenvalue weighted by Gasteiger charge is -2.08. The summed E-state index contributed by atoms with van der Waals surface area (Å²) >= 11 is 0. The average molecular weight is 394 g/mol. The third-order valence-electron chi connectivity index (χ3n) is 4.45. The molecule has 0 spiro atoms. The lowest BCUT2D eigenvalue weighted by molar-refractivity contribution is -0.384. The molecule has 0 fully saturated rings. The van der Waals surface area contributed by atoms with Gasteiger partial charge in [0.15, 0.2) is 0 Å². The molecule has 150 valence electrons. The largest absolute Gasteiger partial charge is 0.489 e. The van der Waals surface area contributed by atoms with Gasteiger partial charge in [-0.05, 0) is 43.7 Å². The van der Waals surface area contributed by atoms with Crippen molar-refractivity contribution in [3.63, 3.8) is 0 Å². The van der Waals surface area contributed by atoms with Gasteiger partial charge < -0.3 is 10.1 Å². The number of nitro groups is 1. The Morgan fingerprint density at radius 1 is 1.24 bits per heavy atom. The molecule has 29 heavy (non-hydrogen) atoms. The number of non-ortho nitro benzene ring substituents is 1. The van der Waals surface area contributed by atoms with Crippen molar-refractivity contribution >= 4 is 11.6 Å². The van der Waals surface area contributed by atoms with Gasteiger partial charge >= 0.3 is 0 Å². The second-order valence-electron chi connectivity index (χ2n) is 6.52. The normalized spacial score (nSPS) is 10.6. The minimum atomic E-state index is -0.458. The van der Waals surface area contributed by atoms with E-state index in [1.807, 2.05) is 30.8 Å². The summed E-state index contributed by atoms with van der Waals surface area (Å²) in [5.74, 6) is 0.347. The molecular formula is C21H22N4O4. The lowest BCUT2D eigenvalue weighted by atomic mass is 10.1. The van der Waals surface area contributed by atoms with Crippen molar-refractivity contribution < 1.29 is 14.5 Å². The molecule has 0 saturated carbocycles. The van der Waals surface area contributed by atoms with Gasteiger partial charge in [-0.2, -0.15) is 5.10 Å². The molecule has 0 saturated heterocycles. The Morgan fingerprint density at radius 3 is 2.66 bits per heavy atom. The number of nitrogens with zero attached hydrogens (tertiary/aromatic N) is 3. The standard InChI is InChI=1S/C21H22N4O4/c1-3-24-13-18(15(2)23-24)12-22-21(26)17-6-4-5-16(11-17)14-29-20-9-7-19(8-10-20)25(27)28/h4-11,13H,3,12,14H2,1-2H3,(H,22,26). The van der Waals surface area contributed by atoms with Crippen LogP contribution in [0.3, 0.4) is 0 Å². The number of nitrogens with one attached hydrogen (secondary N) is 1. The van der Waals surface area contributed by atoms with Crippen molar-refractivity contribution in [1.82, 2.24) is 15.1 Å². The Kier molecular flexibility index (Phi) is 6.23. The van der Waals surface area contributed by atoms with Crippen LogP contribution in [-0.4, -0.2) is 20.6 Å². The van der Waals surface area contributed by atoms with E-state index in [-0.39, 0.29) is 18.2 Å². The molecule has 0 aliphatic carbocycles. The molecule has 1 amide bonds. The number of rotatable bonds is 8. The molecule has 1 N–H and O–H groups in total. The summed E-state index contributed by atoms with van der Waals surface area (Å²) in [7, 11) is 0. The van der Waals surface area contributed by atoms with Crippen molar-refractivity contribution in [2.45, 2.75) is 33.5 Å². The lowest BCUT2D eigenvalue weighted by Crippen LogP contribution is -2.23. The number of hydrogen-bond acceptors (Lipinski definition) is 5. The highest BCUT2D eigenvalue weighted by Crippen LogP contribution is 2.18. The minimum absolute atomic E-state index is 0.00994. The molecule has 3 rings (SSSR count). The quantitative estimate of drug-likeness (QED) is 0.465. The first-order chi connectivity index (χ1) is 14.0. The van der Waals surface area contributed by atoms with Crippen LogP contribution < -0.4 is 10.1 Å². The molecule has 0 unspecified atom stereocenters. The van der Waals surface area contributed by atoms with Crippen molar-refractivity contribution in [3.8, 4) is 5.75 Å². The van der Waals surface area contributed by atoms with E-state index in [1.165, 1.54) is 12.1 Å². The number of benzene rings is 2. The van der Waals surface area contributed by atoms with E-state index in [0.29, 0.717) is 17.9 Å². The van der Waals surface area contributed by atoms with Crippen LogP contribution in [0.25, 0.3) is 0 Å². The minimum Gasteiger partial charge on any atom is -0.489 e. The maximum Gasteiger partial charge on any atom is 0.269 e. The SMILES string of the molecule is CCn1cc(CNC(=O)c2cccc(COc3ccc([N+](=O)[O-])cc3)c2)c(C)n1. The van der Waals surface area contributed by atoms with Crippen LogP contribution in [0.5, 0.6) is 5.75 Å².